The maximum Gasteiger partial charge on any atom is 0.294 e. The van der Waals surface area contributed by atoms with Gasteiger partial charge in [0, 0.05) is 0 Å². The summed E-state index contributed by atoms with van der Waals surface area (Å²) < 4.78 is 59.5. The summed E-state index contributed by atoms with van der Waals surface area (Å²) in [5.41, 5.74) is 1.48. The van der Waals surface area contributed by atoms with Crippen molar-refractivity contribution in [2.24, 2.45) is 0 Å². The second-order valence-electron chi connectivity index (χ2n) is 5.97. The van der Waals surface area contributed by atoms with Crippen molar-refractivity contribution in [2.75, 3.05) is 23.7 Å². The van der Waals surface area contributed by atoms with Crippen molar-refractivity contribution in [3.05, 3.63) is 54.1 Å². The first kappa shape index (κ1) is 21.2. The molecule has 0 aromatic heterocycles. The van der Waals surface area contributed by atoms with E-state index in [-0.39, 0.29) is 18.0 Å². The molecule has 3 rings (SSSR count). The van der Waals surface area contributed by atoms with Gasteiger partial charge in [-0.25, -0.2) is 8.42 Å². The summed E-state index contributed by atoms with van der Waals surface area (Å²) >= 11 is 0. The number of sulfonamides is 1. The fourth-order valence-electron chi connectivity index (χ4n) is 2.38. The Morgan fingerprint density at radius 1 is 1.07 bits per heavy atom. The Hall–Kier alpha value is -2.14. The van der Waals surface area contributed by atoms with E-state index in [1.807, 2.05) is 6.92 Å². The van der Waals surface area contributed by atoms with E-state index < -0.39 is 26.2 Å². The lowest BCUT2D eigenvalue weighted by molar-refractivity contribution is 0.116. The highest BCUT2D eigenvalue weighted by atomic mass is 32.2. The lowest BCUT2D eigenvalue weighted by atomic mass is 10.2. The highest BCUT2D eigenvalue weighted by molar-refractivity contribution is 7.92. The maximum absolute atomic E-state index is 11.6. The molecule has 1 aliphatic heterocycles. The van der Waals surface area contributed by atoms with E-state index in [2.05, 4.69) is 0 Å². The van der Waals surface area contributed by atoms with Crippen LogP contribution in [0.15, 0.2) is 53.4 Å². The molecule has 0 saturated heterocycles. The van der Waals surface area contributed by atoms with Crippen molar-refractivity contribution in [1.29, 1.82) is 0 Å². The van der Waals surface area contributed by atoms with Crippen molar-refractivity contribution >= 4 is 25.8 Å². The zero-order valence-electron chi connectivity index (χ0n) is 14.8. The molecule has 0 aliphatic carbocycles. The predicted molar refractivity (Wildman–Crippen MR) is 101 cm³/mol. The summed E-state index contributed by atoms with van der Waals surface area (Å²) in [6.07, 6.45) is 0.633. The monoisotopic (exact) mass is 415 g/mol. The van der Waals surface area contributed by atoms with Crippen LogP contribution in [0.1, 0.15) is 5.56 Å². The zero-order chi connectivity index (χ0) is 20.2. The van der Waals surface area contributed by atoms with Crippen LogP contribution in [0.5, 0.6) is 5.75 Å². The van der Waals surface area contributed by atoms with Gasteiger partial charge in [-0.15, -0.1) is 0 Å². The third-order valence-corrected chi connectivity index (χ3v) is 5.73. The topological polar surface area (TPSA) is 121 Å². The van der Waals surface area contributed by atoms with Crippen LogP contribution in [-0.4, -0.2) is 52.0 Å². The molecular weight excluding hydrogens is 394 g/mol. The molecule has 2 aromatic rings. The number of ether oxygens (including phenoxy) is 1. The van der Waals surface area contributed by atoms with E-state index >= 15 is 0 Å². The minimum absolute atomic E-state index is 0.0666. The molecule has 0 fully saturated rings. The van der Waals surface area contributed by atoms with Gasteiger partial charge < -0.3 is 9.84 Å². The molecule has 27 heavy (non-hydrogen) atoms. The lowest BCUT2D eigenvalue weighted by Crippen LogP contribution is -2.44. The second kappa shape index (κ2) is 8.26. The van der Waals surface area contributed by atoms with Crippen LogP contribution in [0.2, 0.25) is 0 Å². The first-order valence-electron chi connectivity index (χ1n) is 7.91. The molecule has 1 heterocycles. The van der Waals surface area contributed by atoms with Gasteiger partial charge in [-0.2, -0.15) is 8.42 Å². The Kier molecular flexibility index (Phi) is 6.47. The Morgan fingerprint density at radius 3 is 2.19 bits per heavy atom. The smallest absolute Gasteiger partial charge is 0.294 e. The van der Waals surface area contributed by atoms with E-state index in [1.54, 1.807) is 36.4 Å². The second-order valence-corrected chi connectivity index (χ2v) is 9.30. The number of nitrogens with zero attached hydrogens (tertiary/aromatic N) is 1. The van der Waals surface area contributed by atoms with Gasteiger partial charge in [0.25, 0.3) is 10.1 Å². The highest BCUT2D eigenvalue weighted by Crippen LogP contribution is 2.34. The Bertz CT molecular complexity index is 986. The Labute approximate surface area is 158 Å². The number of anilines is 1. The molecule has 10 heteroatoms. The molecule has 2 N–H and O–H groups in total. The van der Waals surface area contributed by atoms with Crippen molar-refractivity contribution in [3.8, 4) is 5.75 Å². The van der Waals surface area contributed by atoms with Crippen LogP contribution >= 0.6 is 0 Å². The first-order chi connectivity index (χ1) is 12.5. The number of rotatable bonds is 3. The molecule has 148 valence electrons. The summed E-state index contributed by atoms with van der Waals surface area (Å²) in [5, 5.41) is 9.05. The van der Waals surface area contributed by atoms with Crippen molar-refractivity contribution in [1.82, 2.24) is 0 Å². The number of aliphatic hydroxyl groups excluding tert-OH is 1. The number of aryl methyl sites for hydroxylation is 1. The lowest BCUT2D eigenvalue weighted by Gasteiger charge is -2.33. The van der Waals surface area contributed by atoms with Crippen LogP contribution < -0.4 is 9.04 Å². The molecule has 0 amide bonds. The molecule has 1 aliphatic rings. The maximum atomic E-state index is 11.6. The van der Waals surface area contributed by atoms with Gasteiger partial charge in [0.15, 0.2) is 0 Å². The number of benzene rings is 2. The zero-order valence-corrected chi connectivity index (χ0v) is 16.4. The summed E-state index contributed by atoms with van der Waals surface area (Å²) in [6, 6.07) is 12.9. The minimum Gasteiger partial charge on any atom is -0.484 e. The van der Waals surface area contributed by atoms with Gasteiger partial charge >= 0.3 is 0 Å². The summed E-state index contributed by atoms with van der Waals surface area (Å²) in [5.74, 6) is 0.484. The number of hydrogen-bond acceptors (Lipinski definition) is 6. The standard InChI is InChI=1S/C10H13NO4S.C7H8O3S/c1-16(13,14)11-6-8(7-12)15-10-5-3-2-4-9(10)11;1-6-2-4-7(5-3-6)11(8,9)10/h2-5,8,12H,6-7H2,1H3;2-5H,1H3,(H,8,9,10). The van der Waals surface area contributed by atoms with E-state index in [0.29, 0.717) is 11.4 Å². The Morgan fingerprint density at radius 2 is 1.67 bits per heavy atom. The van der Waals surface area contributed by atoms with Crippen LogP contribution in [0, 0.1) is 6.92 Å². The normalized spacial score (nSPS) is 16.6. The predicted octanol–water partition coefficient (Wildman–Crippen LogP) is 1.45. The average molecular weight is 415 g/mol. The van der Waals surface area contributed by atoms with Crippen LogP contribution in [0.4, 0.5) is 5.69 Å². The first-order valence-corrected chi connectivity index (χ1v) is 11.2. The molecular formula is C17H21NO7S2. The molecule has 8 nitrogen and oxygen atoms in total. The van der Waals surface area contributed by atoms with Gasteiger partial charge in [-0.3, -0.25) is 8.86 Å². The van der Waals surface area contributed by atoms with Gasteiger partial charge in [-0.05, 0) is 31.2 Å². The molecule has 0 saturated carbocycles. The number of aliphatic hydroxyl groups is 1. The van der Waals surface area contributed by atoms with Crippen LogP contribution in [0.25, 0.3) is 0 Å². The van der Waals surface area contributed by atoms with Gasteiger partial charge in [0.2, 0.25) is 10.0 Å². The summed E-state index contributed by atoms with van der Waals surface area (Å²) in [4.78, 5) is -0.0666. The fourth-order valence-corrected chi connectivity index (χ4v) is 3.81. The quantitative estimate of drug-likeness (QED) is 0.728. The van der Waals surface area contributed by atoms with Crippen LogP contribution in [0.3, 0.4) is 0 Å². The molecule has 1 unspecified atom stereocenters. The SMILES string of the molecule is CS(=O)(=O)N1CC(CO)Oc2ccccc21.Cc1ccc(S(=O)(=O)O)cc1. The van der Waals surface area contributed by atoms with E-state index in [9.17, 15) is 16.8 Å². The third-order valence-electron chi connectivity index (χ3n) is 3.72. The van der Waals surface area contributed by atoms with Crippen molar-refractivity contribution in [2.45, 2.75) is 17.9 Å². The number of hydrogen-bond donors (Lipinski definition) is 2. The van der Waals surface area contributed by atoms with E-state index in [1.165, 1.54) is 16.4 Å². The fraction of sp³-hybridized carbons (Fsp3) is 0.294. The molecule has 0 spiro atoms. The third kappa shape index (κ3) is 5.67. The molecule has 1 atom stereocenters. The average Bonchev–Trinajstić information content (AvgIpc) is 2.60. The van der Waals surface area contributed by atoms with Crippen molar-refractivity contribution in [3.63, 3.8) is 0 Å². The van der Waals surface area contributed by atoms with Gasteiger partial charge in [-0.1, -0.05) is 29.8 Å². The molecule has 2 aromatic carbocycles. The highest BCUT2D eigenvalue weighted by Gasteiger charge is 2.30. The van der Waals surface area contributed by atoms with Crippen molar-refractivity contribution < 1.29 is 31.2 Å². The number of para-hydroxylation sites is 2. The van der Waals surface area contributed by atoms with Crippen LogP contribution in [-0.2, 0) is 20.1 Å². The minimum atomic E-state index is -4.02. The Balaban J connectivity index is 0.000000208. The van der Waals surface area contributed by atoms with E-state index in [4.69, 9.17) is 14.4 Å². The number of fused-ring (bicyclic) bond motifs is 1. The largest absolute Gasteiger partial charge is 0.484 e. The molecule has 0 bridgehead atoms. The van der Waals surface area contributed by atoms with Gasteiger partial charge in [0.1, 0.15) is 11.9 Å². The van der Waals surface area contributed by atoms with Gasteiger partial charge in [0.05, 0.1) is 30.0 Å². The molecule has 0 radical (unpaired) electrons. The summed E-state index contributed by atoms with van der Waals surface area (Å²) in [7, 11) is -7.36. The van der Waals surface area contributed by atoms with E-state index in [0.717, 1.165) is 11.8 Å². The summed E-state index contributed by atoms with van der Waals surface area (Å²) in [6.45, 7) is 1.78.